The smallest absolute Gasteiger partial charge is 0.320 e. The lowest BCUT2D eigenvalue weighted by Gasteiger charge is -2.43. The van der Waals surface area contributed by atoms with Crippen LogP contribution in [0.3, 0.4) is 0 Å². The second-order valence-corrected chi connectivity index (χ2v) is 10.6. The number of aromatic nitrogens is 2. The first-order valence-corrected chi connectivity index (χ1v) is 12.9. The van der Waals surface area contributed by atoms with E-state index in [1.54, 1.807) is 9.80 Å². The zero-order valence-electron chi connectivity index (χ0n) is 22.0. The quantitative estimate of drug-likeness (QED) is 0.478. The van der Waals surface area contributed by atoms with Gasteiger partial charge >= 0.3 is 6.03 Å². The molecule has 2 unspecified atom stereocenters. The molecule has 2 amide bonds. The van der Waals surface area contributed by atoms with Gasteiger partial charge in [0, 0.05) is 37.9 Å². The molecule has 0 saturated carbocycles. The van der Waals surface area contributed by atoms with E-state index in [1.165, 1.54) is 0 Å². The molecule has 1 saturated heterocycles. The molecule has 198 valence electrons. The highest BCUT2D eigenvalue weighted by Gasteiger charge is 2.41. The average molecular weight is 508 g/mol. The molecule has 2 heterocycles. The van der Waals surface area contributed by atoms with E-state index in [-0.39, 0.29) is 19.1 Å². The summed E-state index contributed by atoms with van der Waals surface area (Å²) in [6, 6.07) is 19.4. The largest absolute Gasteiger partial charge is 0.378 e. The summed E-state index contributed by atoms with van der Waals surface area (Å²) in [6.45, 7) is 8.40. The van der Waals surface area contributed by atoms with Crippen molar-refractivity contribution in [2.45, 2.75) is 39.5 Å². The molecule has 4 rings (SSSR count). The van der Waals surface area contributed by atoms with Crippen molar-refractivity contribution < 1.29 is 13.9 Å². The maximum atomic E-state index is 14.9. The number of nitrogens with two attached hydrogens (primary N) is 1. The van der Waals surface area contributed by atoms with Gasteiger partial charge in [-0.3, -0.25) is 0 Å². The lowest BCUT2D eigenvalue weighted by Crippen LogP contribution is -2.53. The highest BCUT2D eigenvalue weighted by molar-refractivity contribution is 5.75. The molecule has 0 radical (unpaired) electrons. The van der Waals surface area contributed by atoms with Gasteiger partial charge in [0.2, 0.25) is 0 Å². The first-order chi connectivity index (χ1) is 17.8. The first-order valence-electron chi connectivity index (χ1n) is 12.9. The van der Waals surface area contributed by atoms with Gasteiger partial charge in [-0.25, -0.2) is 14.2 Å². The number of carbonyl (C=O) groups excluding carboxylic acids is 1. The molecule has 1 aliphatic heterocycles. The minimum atomic E-state index is -1.35. The Bertz CT molecular complexity index is 1140. The number of urea groups is 1. The standard InChI is InChI=1S/C29H38FN5O2/c1-29(2,3)26(35(20-24(30)18-31)28(36)33-14-16-37-17-15-33)27-32-25(23-12-8-5-9-13-23)21-34(27)19-22-10-6-4-7-11-22/h4-13,21,24,26H,14-20,31H2,1-3H3. The van der Waals surface area contributed by atoms with Gasteiger partial charge in [-0.1, -0.05) is 81.4 Å². The van der Waals surface area contributed by atoms with Crippen LogP contribution in [0.25, 0.3) is 11.3 Å². The van der Waals surface area contributed by atoms with E-state index in [2.05, 4.69) is 37.5 Å². The summed E-state index contributed by atoms with van der Waals surface area (Å²) in [5.74, 6) is 0.723. The third-order valence-corrected chi connectivity index (χ3v) is 6.63. The Kier molecular flexibility index (Phi) is 8.61. The van der Waals surface area contributed by atoms with Crippen molar-refractivity contribution in [1.82, 2.24) is 19.4 Å². The average Bonchev–Trinajstić information content (AvgIpc) is 3.31. The third kappa shape index (κ3) is 6.56. The first kappa shape index (κ1) is 26.8. The van der Waals surface area contributed by atoms with Crippen LogP contribution >= 0.6 is 0 Å². The summed E-state index contributed by atoms with van der Waals surface area (Å²) in [5, 5.41) is 0. The van der Waals surface area contributed by atoms with E-state index in [0.29, 0.717) is 32.8 Å². The monoisotopic (exact) mass is 507 g/mol. The summed E-state index contributed by atoms with van der Waals surface area (Å²) < 4.78 is 22.5. The number of benzene rings is 2. The van der Waals surface area contributed by atoms with Crippen LogP contribution in [0.5, 0.6) is 0 Å². The lowest BCUT2D eigenvalue weighted by molar-refractivity contribution is 0.0233. The molecule has 2 N–H and O–H groups in total. The van der Waals surface area contributed by atoms with Gasteiger partial charge in [-0.15, -0.1) is 0 Å². The minimum absolute atomic E-state index is 0.104. The number of halogens is 1. The second-order valence-electron chi connectivity index (χ2n) is 10.6. The Hall–Kier alpha value is -3.23. The number of hydrogen-bond acceptors (Lipinski definition) is 4. The van der Waals surface area contributed by atoms with E-state index in [0.717, 1.165) is 22.6 Å². The molecule has 7 nitrogen and oxygen atoms in total. The topological polar surface area (TPSA) is 76.6 Å². The summed E-state index contributed by atoms with van der Waals surface area (Å²) in [4.78, 5) is 22.4. The van der Waals surface area contributed by atoms with Crippen molar-refractivity contribution in [2.24, 2.45) is 11.1 Å². The van der Waals surface area contributed by atoms with Crippen molar-refractivity contribution in [3.8, 4) is 11.3 Å². The van der Waals surface area contributed by atoms with Crippen LogP contribution < -0.4 is 5.73 Å². The SMILES string of the molecule is CC(C)(C)C(c1nc(-c2ccccc2)cn1Cc1ccccc1)N(CC(F)CN)C(=O)N1CCOCC1. The number of rotatable bonds is 8. The number of amides is 2. The van der Waals surface area contributed by atoms with E-state index < -0.39 is 17.6 Å². The Morgan fingerprint density at radius 1 is 1.08 bits per heavy atom. The number of morpholine rings is 1. The number of nitrogens with zero attached hydrogens (tertiary/aromatic N) is 4. The normalized spacial score (nSPS) is 15.9. The van der Waals surface area contributed by atoms with Gasteiger partial charge in [-0.05, 0) is 11.0 Å². The number of ether oxygens (including phenoxy) is 1. The van der Waals surface area contributed by atoms with E-state index in [9.17, 15) is 9.18 Å². The van der Waals surface area contributed by atoms with E-state index in [1.807, 2.05) is 54.7 Å². The fourth-order valence-electron chi connectivity index (χ4n) is 4.82. The molecule has 2 aromatic carbocycles. The molecule has 8 heteroatoms. The fourth-order valence-corrected chi connectivity index (χ4v) is 4.82. The van der Waals surface area contributed by atoms with Crippen molar-refractivity contribution >= 4 is 6.03 Å². The molecule has 1 aliphatic rings. The Morgan fingerprint density at radius 2 is 1.70 bits per heavy atom. The maximum absolute atomic E-state index is 14.9. The summed E-state index contributed by atoms with van der Waals surface area (Å²) >= 11 is 0. The van der Waals surface area contributed by atoms with Gasteiger partial charge < -0.3 is 24.8 Å². The Morgan fingerprint density at radius 3 is 2.30 bits per heavy atom. The molecule has 1 aromatic heterocycles. The molecule has 3 aromatic rings. The van der Waals surface area contributed by atoms with Crippen LogP contribution in [0.15, 0.2) is 66.9 Å². The van der Waals surface area contributed by atoms with Gasteiger partial charge in [0.25, 0.3) is 0 Å². The lowest BCUT2D eigenvalue weighted by atomic mass is 9.84. The van der Waals surface area contributed by atoms with E-state index >= 15 is 0 Å². The van der Waals surface area contributed by atoms with Gasteiger partial charge in [0.1, 0.15) is 12.0 Å². The van der Waals surface area contributed by atoms with Gasteiger partial charge in [0.05, 0.1) is 31.5 Å². The van der Waals surface area contributed by atoms with Crippen molar-refractivity contribution in [2.75, 3.05) is 39.4 Å². The zero-order valence-corrected chi connectivity index (χ0v) is 22.0. The third-order valence-electron chi connectivity index (χ3n) is 6.63. The highest BCUT2D eigenvalue weighted by Crippen LogP contribution is 2.40. The minimum Gasteiger partial charge on any atom is -0.378 e. The van der Waals surface area contributed by atoms with Crippen LogP contribution in [-0.4, -0.2) is 70.9 Å². The second kappa shape index (κ2) is 11.9. The predicted molar refractivity (Wildman–Crippen MR) is 144 cm³/mol. The van der Waals surface area contributed by atoms with Crippen LogP contribution in [-0.2, 0) is 11.3 Å². The summed E-state index contributed by atoms with van der Waals surface area (Å²) in [5.41, 5.74) is 8.17. The van der Waals surface area contributed by atoms with Crippen LogP contribution in [0, 0.1) is 5.41 Å². The molecular weight excluding hydrogens is 469 g/mol. The van der Waals surface area contributed by atoms with Gasteiger partial charge in [0.15, 0.2) is 0 Å². The molecule has 2 atom stereocenters. The number of carbonyl (C=O) groups is 1. The number of imidazole rings is 1. The number of hydrogen-bond donors (Lipinski definition) is 1. The molecule has 37 heavy (non-hydrogen) atoms. The highest BCUT2D eigenvalue weighted by atomic mass is 19.1. The predicted octanol–water partition coefficient (Wildman–Crippen LogP) is 4.74. The van der Waals surface area contributed by atoms with Crippen molar-refractivity contribution in [3.05, 3.63) is 78.2 Å². The summed E-state index contributed by atoms with van der Waals surface area (Å²) in [6.07, 6.45) is 0.685. The zero-order chi connectivity index (χ0) is 26.4. The molecular formula is C29H38FN5O2. The van der Waals surface area contributed by atoms with Crippen LogP contribution in [0.1, 0.15) is 38.2 Å². The number of alkyl halides is 1. The van der Waals surface area contributed by atoms with Crippen molar-refractivity contribution in [3.63, 3.8) is 0 Å². The Balaban J connectivity index is 1.83. The molecule has 1 fully saturated rings. The fraction of sp³-hybridized carbons (Fsp3) is 0.448. The van der Waals surface area contributed by atoms with Gasteiger partial charge in [-0.2, -0.15) is 0 Å². The van der Waals surface area contributed by atoms with E-state index in [4.69, 9.17) is 15.5 Å². The van der Waals surface area contributed by atoms with Crippen LogP contribution in [0.2, 0.25) is 0 Å². The molecule has 0 spiro atoms. The van der Waals surface area contributed by atoms with Crippen molar-refractivity contribution in [1.29, 1.82) is 0 Å². The summed E-state index contributed by atoms with van der Waals surface area (Å²) in [7, 11) is 0. The maximum Gasteiger partial charge on any atom is 0.320 e. The Labute approximate surface area is 219 Å². The molecule has 0 bridgehead atoms. The molecule has 0 aliphatic carbocycles. The van der Waals surface area contributed by atoms with Crippen LogP contribution in [0.4, 0.5) is 9.18 Å².